The van der Waals surface area contributed by atoms with Crippen LogP contribution in [-0.2, 0) is 0 Å². The number of hydrogen-bond acceptors (Lipinski definition) is 5. The van der Waals surface area contributed by atoms with Crippen molar-refractivity contribution in [3.05, 3.63) is 42.0 Å². The van der Waals surface area contributed by atoms with Crippen LogP contribution in [0, 0.1) is 0 Å². The van der Waals surface area contributed by atoms with Gasteiger partial charge in [-0.05, 0) is 30.3 Å². The average Bonchev–Trinajstić information content (AvgIpc) is 2.79. The molecule has 100 valence electrons. The molecule has 0 saturated heterocycles. The summed E-state index contributed by atoms with van der Waals surface area (Å²) in [5.41, 5.74) is 1.15. The first-order valence-electron chi connectivity index (χ1n) is 5.83. The van der Waals surface area contributed by atoms with Gasteiger partial charge in [-0.25, -0.2) is 0 Å². The van der Waals surface area contributed by atoms with Crippen LogP contribution in [0.4, 0.5) is 0 Å². The Bertz CT molecular complexity index is 816. The lowest BCUT2D eigenvalue weighted by atomic mass is 10.1. The maximum absolute atomic E-state index is 11.3. The summed E-state index contributed by atoms with van der Waals surface area (Å²) in [4.78, 5) is 11.3. The number of benzene rings is 2. The van der Waals surface area contributed by atoms with Crippen molar-refractivity contribution in [1.29, 1.82) is 0 Å². The number of phenols is 3. The first-order chi connectivity index (χ1) is 9.60. The van der Waals surface area contributed by atoms with Crippen molar-refractivity contribution < 1.29 is 24.5 Å². The lowest BCUT2D eigenvalue weighted by molar-refractivity contribution is 0.112. The Labute approximate surface area is 113 Å². The molecule has 1 heterocycles. The minimum absolute atomic E-state index is 0.0313. The monoisotopic (exact) mass is 270 g/mol. The Kier molecular flexibility index (Phi) is 2.61. The number of carbonyl (C=O) groups excluding carboxylic acids is 1. The molecule has 0 spiro atoms. The fourth-order valence-corrected chi connectivity index (χ4v) is 2.10. The summed E-state index contributed by atoms with van der Waals surface area (Å²) in [6.45, 7) is 0. The number of hydrogen-bond donors (Lipinski definition) is 3. The molecule has 0 unspecified atom stereocenters. The van der Waals surface area contributed by atoms with Crippen LogP contribution in [-0.4, -0.2) is 21.6 Å². The molecular weight excluding hydrogens is 260 g/mol. The van der Waals surface area contributed by atoms with Gasteiger partial charge in [-0.15, -0.1) is 0 Å². The Hall–Kier alpha value is -2.95. The molecule has 5 nitrogen and oxygen atoms in total. The lowest BCUT2D eigenvalue weighted by Gasteiger charge is -2.01. The van der Waals surface area contributed by atoms with Gasteiger partial charge >= 0.3 is 0 Å². The first kappa shape index (κ1) is 12.1. The van der Waals surface area contributed by atoms with Gasteiger partial charge < -0.3 is 19.7 Å². The highest BCUT2D eigenvalue weighted by Gasteiger charge is 2.16. The second-order valence-corrected chi connectivity index (χ2v) is 4.35. The molecule has 1 aromatic heterocycles. The van der Waals surface area contributed by atoms with Gasteiger partial charge in [0.05, 0.1) is 5.56 Å². The van der Waals surface area contributed by atoms with Crippen molar-refractivity contribution in [2.45, 2.75) is 0 Å². The van der Waals surface area contributed by atoms with Crippen LogP contribution in [0.2, 0.25) is 0 Å². The Morgan fingerprint density at radius 1 is 0.950 bits per heavy atom. The summed E-state index contributed by atoms with van der Waals surface area (Å²) in [6.07, 6.45) is 0.655. The van der Waals surface area contributed by atoms with Crippen molar-refractivity contribution >= 4 is 17.3 Å². The van der Waals surface area contributed by atoms with Crippen LogP contribution in [0.5, 0.6) is 17.2 Å². The molecule has 0 atom stereocenters. The molecule has 0 radical (unpaired) electrons. The largest absolute Gasteiger partial charge is 0.508 e. The molecule has 5 heteroatoms. The van der Waals surface area contributed by atoms with E-state index in [9.17, 15) is 20.1 Å². The topological polar surface area (TPSA) is 90.9 Å². The molecule has 0 aliphatic heterocycles. The van der Waals surface area contributed by atoms with Gasteiger partial charge in [-0.2, -0.15) is 0 Å². The molecule has 3 N–H and O–H groups in total. The summed E-state index contributed by atoms with van der Waals surface area (Å²) in [5.74, 6) is -0.252. The number of phenolic OH excluding ortho intramolecular Hbond substituents is 3. The predicted molar refractivity (Wildman–Crippen MR) is 72.0 cm³/mol. The van der Waals surface area contributed by atoms with Crippen molar-refractivity contribution in [3.63, 3.8) is 0 Å². The maximum atomic E-state index is 11.3. The van der Waals surface area contributed by atoms with Crippen LogP contribution in [0.15, 0.2) is 40.8 Å². The number of furan rings is 1. The number of aromatic hydroxyl groups is 3. The van der Waals surface area contributed by atoms with Crippen molar-refractivity contribution in [3.8, 4) is 28.6 Å². The van der Waals surface area contributed by atoms with Gasteiger partial charge in [-0.3, -0.25) is 4.79 Å². The van der Waals surface area contributed by atoms with E-state index in [4.69, 9.17) is 4.42 Å². The summed E-state index contributed by atoms with van der Waals surface area (Å²) < 4.78 is 5.57. The number of carbonyl (C=O) groups is 1. The highest BCUT2D eigenvalue weighted by Crippen LogP contribution is 2.37. The summed E-state index contributed by atoms with van der Waals surface area (Å²) in [6, 6.07) is 8.60. The van der Waals surface area contributed by atoms with Crippen molar-refractivity contribution in [2.75, 3.05) is 0 Å². The van der Waals surface area contributed by atoms with Gasteiger partial charge in [0.1, 0.15) is 17.1 Å². The summed E-state index contributed by atoms with van der Waals surface area (Å²) in [5, 5.41) is 28.8. The summed E-state index contributed by atoms with van der Waals surface area (Å²) >= 11 is 0. The minimum atomic E-state index is -0.303. The standard InChI is InChI=1S/C15H10O5/c16-7-11-10-3-2-9(17)6-14(10)20-15(11)8-1-4-12(18)13(19)5-8/h1-7,17-19H. The van der Waals surface area contributed by atoms with E-state index in [0.717, 1.165) is 0 Å². The van der Waals surface area contributed by atoms with E-state index >= 15 is 0 Å². The van der Waals surface area contributed by atoms with Crippen molar-refractivity contribution in [2.24, 2.45) is 0 Å². The zero-order chi connectivity index (χ0) is 14.3. The normalized spacial score (nSPS) is 10.8. The highest BCUT2D eigenvalue weighted by molar-refractivity contribution is 6.03. The van der Waals surface area contributed by atoms with E-state index in [-0.39, 0.29) is 23.0 Å². The molecule has 3 rings (SSSR count). The smallest absolute Gasteiger partial charge is 0.158 e. The second kappa shape index (κ2) is 4.31. The molecule has 0 amide bonds. The molecule has 3 aromatic rings. The zero-order valence-electron chi connectivity index (χ0n) is 10.2. The third-order valence-corrected chi connectivity index (χ3v) is 3.07. The van der Waals surface area contributed by atoms with Crippen LogP contribution in [0.1, 0.15) is 10.4 Å². The van der Waals surface area contributed by atoms with E-state index in [1.54, 1.807) is 6.07 Å². The van der Waals surface area contributed by atoms with E-state index in [0.29, 0.717) is 28.4 Å². The van der Waals surface area contributed by atoms with Gasteiger partial charge in [0.2, 0.25) is 0 Å². The first-order valence-corrected chi connectivity index (χ1v) is 5.83. The molecule has 0 aliphatic rings. The van der Waals surface area contributed by atoms with E-state index < -0.39 is 0 Å². The third kappa shape index (κ3) is 1.76. The van der Waals surface area contributed by atoms with Crippen LogP contribution >= 0.6 is 0 Å². The Balaban J connectivity index is 2.29. The number of aldehydes is 1. The average molecular weight is 270 g/mol. The second-order valence-electron chi connectivity index (χ2n) is 4.35. The van der Waals surface area contributed by atoms with E-state index in [2.05, 4.69) is 0 Å². The lowest BCUT2D eigenvalue weighted by Crippen LogP contribution is -1.82. The molecule has 0 fully saturated rings. The van der Waals surface area contributed by atoms with Gasteiger partial charge in [0, 0.05) is 17.0 Å². The molecular formula is C15H10O5. The zero-order valence-corrected chi connectivity index (χ0v) is 10.2. The fraction of sp³-hybridized carbons (Fsp3) is 0. The maximum Gasteiger partial charge on any atom is 0.158 e. The third-order valence-electron chi connectivity index (χ3n) is 3.07. The minimum Gasteiger partial charge on any atom is -0.508 e. The summed E-state index contributed by atoms with van der Waals surface area (Å²) in [7, 11) is 0. The fourth-order valence-electron chi connectivity index (χ4n) is 2.10. The molecule has 0 aliphatic carbocycles. The molecule has 0 saturated carbocycles. The van der Waals surface area contributed by atoms with Crippen LogP contribution in [0.3, 0.4) is 0 Å². The van der Waals surface area contributed by atoms with Gasteiger partial charge in [-0.1, -0.05) is 0 Å². The molecule has 2 aromatic carbocycles. The van der Waals surface area contributed by atoms with E-state index in [1.807, 2.05) is 0 Å². The number of fused-ring (bicyclic) bond motifs is 1. The predicted octanol–water partition coefficient (Wildman–Crippen LogP) is 3.03. The van der Waals surface area contributed by atoms with E-state index in [1.165, 1.54) is 30.3 Å². The Morgan fingerprint density at radius 3 is 2.45 bits per heavy atom. The SMILES string of the molecule is O=Cc1c(-c2ccc(O)c(O)c2)oc2cc(O)ccc12. The quantitative estimate of drug-likeness (QED) is 0.492. The van der Waals surface area contributed by atoms with Gasteiger partial charge in [0.15, 0.2) is 17.8 Å². The Morgan fingerprint density at radius 2 is 1.75 bits per heavy atom. The number of rotatable bonds is 2. The molecule has 20 heavy (non-hydrogen) atoms. The van der Waals surface area contributed by atoms with Crippen molar-refractivity contribution in [1.82, 2.24) is 0 Å². The van der Waals surface area contributed by atoms with Gasteiger partial charge in [0.25, 0.3) is 0 Å². The van der Waals surface area contributed by atoms with Crippen LogP contribution in [0.25, 0.3) is 22.3 Å². The highest BCUT2D eigenvalue weighted by atomic mass is 16.3. The molecule has 0 bridgehead atoms. The van der Waals surface area contributed by atoms with Crippen LogP contribution < -0.4 is 0 Å².